The highest BCUT2D eigenvalue weighted by Crippen LogP contribution is 2.43. The molecule has 0 fully saturated rings. The minimum atomic E-state index is -5.47. The lowest BCUT2D eigenvalue weighted by atomic mass is 10.1. The number of halogens is 9. The van der Waals surface area contributed by atoms with Gasteiger partial charge in [0.25, 0.3) is 6.43 Å². The molecule has 0 bridgehead atoms. The topological polar surface area (TPSA) is 22.1 Å². The summed E-state index contributed by atoms with van der Waals surface area (Å²) >= 11 is 2.70. The SMILES string of the molecule is FC(F)c1nc(CBr)cc(OC(F)(F)F)c1C(F)(F)F. The van der Waals surface area contributed by atoms with Crippen LogP contribution in [-0.4, -0.2) is 11.3 Å². The summed E-state index contributed by atoms with van der Waals surface area (Å²) in [5.41, 5.74) is -4.50. The van der Waals surface area contributed by atoms with E-state index in [1.54, 1.807) is 0 Å². The molecule has 1 aromatic rings. The average Bonchev–Trinajstić information content (AvgIpc) is 2.23. The molecule has 0 spiro atoms. The summed E-state index contributed by atoms with van der Waals surface area (Å²) in [6, 6.07) is 0.303. The first-order valence-electron chi connectivity index (χ1n) is 4.66. The maximum absolute atomic E-state index is 12.6. The fourth-order valence-electron chi connectivity index (χ4n) is 1.31. The van der Waals surface area contributed by atoms with Crippen molar-refractivity contribution in [2.24, 2.45) is 0 Å². The highest BCUT2D eigenvalue weighted by Gasteiger charge is 2.44. The fraction of sp³-hybridized carbons (Fsp3) is 0.444. The molecular formula is C9H4BrF8NO. The second kappa shape index (κ2) is 5.70. The van der Waals surface area contributed by atoms with Crippen molar-refractivity contribution in [3.05, 3.63) is 23.0 Å². The summed E-state index contributed by atoms with van der Waals surface area (Å²) in [5.74, 6) is -1.76. The zero-order valence-electron chi connectivity index (χ0n) is 9.12. The van der Waals surface area contributed by atoms with Gasteiger partial charge in [0, 0.05) is 11.4 Å². The summed E-state index contributed by atoms with van der Waals surface area (Å²) in [6.45, 7) is 0. The van der Waals surface area contributed by atoms with Crippen molar-refractivity contribution in [3.63, 3.8) is 0 Å². The van der Waals surface area contributed by atoms with Crippen LogP contribution in [-0.2, 0) is 11.5 Å². The molecule has 20 heavy (non-hydrogen) atoms. The van der Waals surface area contributed by atoms with Gasteiger partial charge in [-0.2, -0.15) is 13.2 Å². The molecule has 1 aromatic heterocycles. The zero-order valence-corrected chi connectivity index (χ0v) is 10.7. The smallest absolute Gasteiger partial charge is 0.405 e. The largest absolute Gasteiger partial charge is 0.573 e. The van der Waals surface area contributed by atoms with Crippen molar-refractivity contribution >= 4 is 15.9 Å². The van der Waals surface area contributed by atoms with Crippen LogP contribution in [0.4, 0.5) is 35.1 Å². The third kappa shape index (κ3) is 4.18. The van der Waals surface area contributed by atoms with E-state index in [0.717, 1.165) is 0 Å². The zero-order chi connectivity index (χ0) is 15.7. The minimum Gasteiger partial charge on any atom is -0.405 e. The number of hydrogen-bond acceptors (Lipinski definition) is 2. The van der Waals surface area contributed by atoms with Crippen molar-refractivity contribution in [2.45, 2.75) is 24.3 Å². The number of hydrogen-bond donors (Lipinski definition) is 0. The molecule has 1 heterocycles. The van der Waals surface area contributed by atoms with Gasteiger partial charge in [0.15, 0.2) is 0 Å². The summed E-state index contributed by atoms with van der Waals surface area (Å²) < 4.78 is 102. The standard InChI is InChI=1S/C9H4BrF8NO/c10-2-3-1-4(20-9(16,17)18)5(8(13,14)15)6(19-3)7(11)12/h1,7H,2H2. The third-order valence-corrected chi connectivity index (χ3v) is 2.49. The number of aromatic nitrogens is 1. The van der Waals surface area contributed by atoms with Crippen LogP contribution < -0.4 is 4.74 Å². The highest BCUT2D eigenvalue weighted by atomic mass is 79.9. The second-order valence-corrected chi connectivity index (χ2v) is 3.91. The fourth-order valence-corrected chi connectivity index (χ4v) is 1.60. The summed E-state index contributed by atoms with van der Waals surface area (Å²) in [7, 11) is 0. The summed E-state index contributed by atoms with van der Waals surface area (Å²) in [5, 5.41) is -0.320. The van der Waals surface area contributed by atoms with Gasteiger partial charge in [-0.05, 0) is 0 Å². The Labute approximate surface area is 114 Å². The molecule has 1 rings (SSSR count). The van der Waals surface area contributed by atoms with Crippen LogP contribution in [0.2, 0.25) is 0 Å². The molecule has 0 saturated heterocycles. The van der Waals surface area contributed by atoms with E-state index in [1.807, 2.05) is 0 Å². The number of pyridine rings is 1. The Hall–Kier alpha value is -1.13. The van der Waals surface area contributed by atoms with E-state index in [0.29, 0.717) is 6.07 Å². The average molecular weight is 374 g/mol. The van der Waals surface area contributed by atoms with Crippen LogP contribution in [0.25, 0.3) is 0 Å². The minimum absolute atomic E-state index is 0.303. The van der Waals surface area contributed by atoms with Crippen molar-refractivity contribution in [1.82, 2.24) is 4.98 Å². The van der Waals surface area contributed by atoms with Crippen LogP contribution >= 0.6 is 15.9 Å². The van der Waals surface area contributed by atoms with Gasteiger partial charge < -0.3 is 4.74 Å². The number of ether oxygens (including phenoxy) is 1. The van der Waals surface area contributed by atoms with Gasteiger partial charge in [-0.25, -0.2) is 8.78 Å². The molecule has 11 heteroatoms. The van der Waals surface area contributed by atoms with E-state index in [2.05, 4.69) is 25.7 Å². The van der Waals surface area contributed by atoms with Gasteiger partial charge >= 0.3 is 12.5 Å². The maximum atomic E-state index is 12.6. The molecule has 0 aliphatic heterocycles. The third-order valence-electron chi connectivity index (χ3n) is 1.92. The number of alkyl halides is 9. The molecule has 0 N–H and O–H groups in total. The lowest BCUT2D eigenvalue weighted by Gasteiger charge is -2.18. The van der Waals surface area contributed by atoms with Gasteiger partial charge in [0.1, 0.15) is 17.0 Å². The van der Waals surface area contributed by atoms with Crippen LogP contribution in [0.1, 0.15) is 23.4 Å². The van der Waals surface area contributed by atoms with E-state index in [1.165, 1.54) is 0 Å². The molecule has 0 aliphatic carbocycles. The molecule has 0 unspecified atom stereocenters. The van der Waals surface area contributed by atoms with E-state index < -0.39 is 41.7 Å². The molecule has 0 radical (unpaired) electrons. The van der Waals surface area contributed by atoms with E-state index in [-0.39, 0.29) is 5.33 Å². The van der Waals surface area contributed by atoms with Crippen LogP contribution in [0.15, 0.2) is 6.07 Å². The van der Waals surface area contributed by atoms with Crippen LogP contribution in [0, 0.1) is 0 Å². The first-order chi connectivity index (χ1) is 8.95. The van der Waals surface area contributed by atoms with Crippen molar-refractivity contribution in [3.8, 4) is 5.75 Å². The molecule has 2 nitrogen and oxygen atoms in total. The van der Waals surface area contributed by atoms with Crippen molar-refractivity contribution < 1.29 is 39.9 Å². The lowest BCUT2D eigenvalue weighted by Crippen LogP contribution is -2.22. The first-order valence-corrected chi connectivity index (χ1v) is 5.78. The van der Waals surface area contributed by atoms with Gasteiger partial charge in [0.2, 0.25) is 0 Å². The number of rotatable bonds is 3. The number of nitrogens with zero attached hydrogens (tertiary/aromatic N) is 1. The van der Waals surface area contributed by atoms with Crippen LogP contribution in [0.3, 0.4) is 0 Å². The maximum Gasteiger partial charge on any atom is 0.573 e. The van der Waals surface area contributed by atoms with Crippen LogP contribution in [0.5, 0.6) is 5.75 Å². The Morgan fingerprint density at radius 3 is 2.05 bits per heavy atom. The summed E-state index contributed by atoms with van der Waals surface area (Å²) in [4.78, 5) is 2.98. The summed E-state index contributed by atoms with van der Waals surface area (Å²) in [6.07, 6.45) is -14.6. The van der Waals surface area contributed by atoms with Gasteiger partial charge in [-0.15, -0.1) is 13.2 Å². The lowest BCUT2D eigenvalue weighted by molar-refractivity contribution is -0.276. The molecular weight excluding hydrogens is 370 g/mol. The Kier molecular flexibility index (Phi) is 4.82. The molecule has 114 valence electrons. The predicted molar refractivity (Wildman–Crippen MR) is 53.5 cm³/mol. The van der Waals surface area contributed by atoms with E-state index in [9.17, 15) is 35.1 Å². The normalized spacial score (nSPS) is 12.9. The second-order valence-electron chi connectivity index (χ2n) is 3.35. The van der Waals surface area contributed by atoms with E-state index in [4.69, 9.17) is 0 Å². The van der Waals surface area contributed by atoms with Gasteiger partial charge in [0.05, 0.1) is 5.69 Å². The Morgan fingerprint density at radius 1 is 1.15 bits per heavy atom. The Balaban J connectivity index is 3.56. The molecule has 0 saturated carbocycles. The molecule has 0 aliphatic rings. The molecule has 0 amide bonds. The Morgan fingerprint density at radius 2 is 1.70 bits per heavy atom. The van der Waals surface area contributed by atoms with Gasteiger partial charge in [-0.3, -0.25) is 4.98 Å². The van der Waals surface area contributed by atoms with Crippen molar-refractivity contribution in [1.29, 1.82) is 0 Å². The molecule has 0 aromatic carbocycles. The first kappa shape index (κ1) is 16.9. The molecule has 0 atom stereocenters. The monoisotopic (exact) mass is 373 g/mol. The quantitative estimate of drug-likeness (QED) is 0.559. The van der Waals surface area contributed by atoms with Crippen molar-refractivity contribution in [2.75, 3.05) is 0 Å². The Bertz CT molecular complexity index is 484. The predicted octanol–water partition coefficient (Wildman–Crippen LogP) is 4.83. The van der Waals surface area contributed by atoms with Gasteiger partial charge in [-0.1, -0.05) is 15.9 Å². The van der Waals surface area contributed by atoms with E-state index >= 15 is 0 Å². The highest BCUT2D eigenvalue weighted by molar-refractivity contribution is 9.08.